The lowest BCUT2D eigenvalue weighted by molar-refractivity contribution is -0.112. The van der Waals surface area contributed by atoms with Crippen LogP contribution in [0.4, 0.5) is 0 Å². The number of benzene rings is 1. The van der Waals surface area contributed by atoms with Crippen LogP contribution in [0, 0.1) is 0 Å². The van der Waals surface area contributed by atoms with Gasteiger partial charge in [-0.1, -0.05) is 71.7 Å². The number of carbonyl (C=O) groups excluding carboxylic acids is 1. The van der Waals surface area contributed by atoms with E-state index in [0.717, 1.165) is 17.6 Å². The first kappa shape index (κ1) is 21.9. The lowest BCUT2D eigenvalue weighted by atomic mass is 10.0. The number of carbonyl (C=O) groups is 1. The minimum Gasteiger partial charge on any atom is -0.295 e. The molecule has 1 aromatic rings. The van der Waals surface area contributed by atoms with Gasteiger partial charge in [0, 0.05) is 0 Å². The molecule has 120 valence electrons. The highest BCUT2D eigenvalue weighted by molar-refractivity contribution is 5.94. The topological polar surface area (TPSA) is 17.1 Å². The Morgan fingerprint density at radius 1 is 0.952 bits per heavy atom. The predicted molar refractivity (Wildman–Crippen MR) is 96.7 cm³/mol. The zero-order valence-electron chi connectivity index (χ0n) is 15.1. The zero-order valence-corrected chi connectivity index (χ0v) is 15.1. The van der Waals surface area contributed by atoms with Gasteiger partial charge in [-0.2, -0.15) is 0 Å². The van der Waals surface area contributed by atoms with Crippen LogP contribution in [0.1, 0.15) is 78.9 Å². The van der Waals surface area contributed by atoms with Gasteiger partial charge in [0.15, 0.2) is 5.78 Å². The maximum Gasteiger partial charge on any atom is 0.152 e. The fourth-order valence-corrected chi connectivity index (χ4v) is 1.90. The molecule has 0 aliphatic carbocycles. The summed E-state index contributed by atoms with van der Waals surface area (Å²) in [7, 11) is 0. The summed E-state index contributed by atoms with van der Waals surface area (Å²) >= 11 is 0. The molecular weight excluding hydrogens is 256 g/mol. The third-order valence-corrected chi connectivity index (χ3v) is 2.90. The van der Waals surface area contributed by atoms with Crippen LogP contribution in [-0.4, -0.2) is 5.78 Å². The fourth-order valence-electron chi connectivity index (χ4n) is 1.90. The standard InChI is InChI=1S/C16H22O.2C2H6/c1-4-5-6-7-15-8-10-16(11-9-15)13(2)12-14(3)17;2*1-2/h8-12H,4-7H2,1-3H3;2*1-2H3/b13-12+;;. The summed E-state index contributed by atoms with van der Waals surface area (Å²) in [5, 5.41) is 0. The molecule has 0 aliphatic heterocycles. The van der Waals surface area contributed by atoms with Gasteiger partial charge >= 0.3 is 0 Å². The van der Waals surface area contributed by atoms with Crippen molar-refractivity contribution in [3.8, 4) is 0 Å². The van der Waals surface area contributed by atoms with E-state index in [-0.39, 0.29) is 5.78 Å². The smallest absolute Gasteiger partial charge is 0.152 e. The summed E-state index contributed by atoms with van der Waals surface area (Å²) in [4.78, 5) is 11.0. The van der Waals surface area contributed by atoms with Gasteiger partial charge in [0.1, 0.15) is 0 Å². The molecule has 0 radical (unpaired) electrons. The van der Waals surface area contributed by atoms with E-state index in [1.807, 2.05) is 34.6 Å². The van der Waals surface area contributed by atoms with E-state index in [1.54, 1.807) is 13.0 Å². The minimum atomic E-state index is 0.106. The lowest BCUT2D eigenvalue weighted by Crippen LogP contribution is -1.89. The molecule has 1 nitrogen and oxygen atoms in total. The number of hydrogen-bond donors (Lipinski definition) is 0. The molecule has 0 saturated heterocycles. The Morgan fingerprint density at radius 3 is 1.90 bits per heavy atom. The van der Waals surface area contributed by atoms with Crippen molar-refractivity contribution in [2.45, 2.75) is 74.1 Å². The van der Waals surface area contributed by atoms with Crippen LogP contribution < -0.4 is 0 Å². The second-order valence-electron chi connectivity index (χ2n) is 4.59. The van der Waals surface area contributed by atoms with Crippen LogP contribution in [0.2, 0.25) is 0 Å². The van der Waals surface area contributed by atoms with Crippen molar-refractivity contribution in [3.63, 3.8) is 0 Å². The molecule has 1 aromatic carbocycles. The second kappa shape index (κ2) is 15.0. The van der Waals surface area contributed by atoms with Crippen molar-refractivity contribution >= 4 is 11.4 Å². The van der Waals surface area contributed by atoms with Crippen LogP contribution in [0.25, 0.3) is 5.57 Å². The number of allylic oxidation sites excluding steroid dienone is 2. The lowest BCUT2D eigenvalue weighted by Gasteiger charge is -2.04. The average molecular weight is 290 g/mol. The summed E-state index contributed by atoms with van der Waals surface area (Å²) in [5.41, 5.74) is 3.56. The van der Waals surface area contributed by atoms with Gasteiger partial charge in [-0.15, -0.1) is 0 Å². The van der Waals surface area contributed by atoms with Crippen LogP contribution in [-0.2, 0) is 11.2 Å². The third kappa shape index (κ3) is 11.0. The van der Waals surface area contributed by atoms with Gasteiger partial charge in [0.25, 0.3) is 0 Å². The molecule has 1 rings (SSSR count). The molecule has 0 aromatic heterocycles. The van der Waals surface area contributed by atoms with E-state index in [0.29, 0.717) is 0 Å². The van der Waals surface area contributed by atoms with Crippen LogP contribution in [0.15, 0.2) is 30.3 Å². The van der Waals surface area contributed by atoms with E-state index < -0.39 is 0 Å². The van der Waals surface area contributed by atoms with Crippen molar-refractivity contribution in [3.05, 3.63) is 41.5 Å². The molecule has 0 aliphatic rings. The van der Waals surface area contributed by atoms with Crippen molar-refractivity contribution in [1.82, 2.24) is 0 Å². The molecule has 0 N–H and O–H groups in total. The first-order chi connectivity index (χ1) is 10.1. The summed E-state index contributed by atoms with van der Waals surface area (Å²) in [6.45, 7) is 13.8. The number of rotatable bonds is 6. The van der Waals surface area contributed by atoms with Crippen molar-refractivity contribution < 1.29 is 4.79 Å². The average Bonchev–Trinajstić information content (AvgIpc) is 2.51. The normalized spacial score (nSPS) is 9.95. The first-order valence-corrected chi connectivity index (χ1v) is 8.41. The number of hydrogen-bond acceptors (Lipinski definition) is 1. The van der Waals surface area contributed by atoms with Crippen LogP contribution >= 0.6 is 0 Å². The Hall–Kier alpha value is -1.37. The van der Waals surface area contributed by atoms with E-state index in [1.165, 1.54) is 24.8 Å². The molecule has 21 heavy (non-hydrogen) atoms. The van der Waals surface area contributed by atoms with Gasteiger partial charge in [-0.25, -0.2) is 0 Å². The predicted octanol–water partition coefficient (Wildman–Crippen LogP) is 6.46. The van der Waals surface area contributed by atoms with Gasteiger partial charge in [-0.05, 0) is 49.5 Å². The molecular formula is C20H34O. The van der Waals surface area contributed by atoms with Gasteiger partial charge in [0.05, 0.1) is 0 Å². The summed E-state index contributed by atoms with van der Waals surface area (Å²) < 4.78 is 0. The van der Waals surface area contributed by atoms with Crippen molar-refractivity contribution in [2.24, 2.45) is 0 Å². The van der Waals surface area contributed by atoms with Gasteiger partial charge < -0.3 is 0 Å². The minimum absolute atomic E-state index is 0.106. The highest BCUT2D eigenvalue weighted by Gasteiger charge is 1.98. The molecule has 0 heterocycles. The molecule has 0 spiro atoms. The summed E-state index contributed by atoms with van der Waals surface area (Å²) in [6, 6.07) is 8.55. The SMILES string of the molecule is CC.CC.CCCCCc1ccc(/C(C)=C/C(C)=O)cc1. The number of unbranched alkanes of at least 4 members (excludes halogenated alkanes) is 2. The third-order valence-electron chi connectivity index (χ3n) is 2.90. The second-order valence-corrected chi connectivity index (χ2v) is 4.59. The summed E-state index contributed by atoms with van der Waals surface area (Å²) in [6.07, 6.45) is 6.66. The van der Waals surface area contributed by atoms with E-state index in [9.17, 15) is 4.79 Å². The molecule has 0 saturated carbocycles. The highest BCUT2D eigenvalue weighted by atomic mass is 16.1. The van der Waals surface area contributed by atoms with E-state index in [2.05, 4.69) is 31.2 Å². The molecule has 0 fully saturated rings. The quantitative estimate of drug-likeness (QED) is 0.434. The Balaban J connectivity index is 0. The van der Waals surface area contributed by atoms with Crippen molar-refractivity contribution in [2.75, 3.05) is 0 Å². The van der Waals surface area contributed by atoms with Crippen LogP contribution in [0.3, 0.4) is 0 Å². The molecule has 0 atom stereocenters. The fraction of sp³-hybridized carbons (Fsp3) is 0.550. The van der Waals surface area contributed by atoms with Crippen molar-refractivity contribution in [1.29, 1.82) is 0 Å². The van der Waals surface area contributed by atoms with E-state index >= 15 is 0 Å². The Labute approximate surface area is 132 Å². The van der Waals surface area contributed by atoms with Gasteiger partial charge in [0.2, 0.25) is 0 Å². The zero-order chi connectivity index (χ0) is 16.7. The first-order valence-electron chi connectivity index (χ1n) is 8.41. The number of aryl methyl sites for hydroxylation is 1. The summed E-state index contributed by atoms with van der Waals surface area (Å²) in [5.74, 6) is 0.106. The van der Waals surface area contributed by atoms with Gasteiger partial charge in [-0.3, -0.25) is 4.79 Å². The van der Waals surface area contributed by atoms with E-state index in [4.69, 9.17) is 0 Å². The highest BCUT2D eigenvalue weighted by Crippen LogP contribution is 2.15. The Morgan fingerprint density at radius 2 is 1.48 bits per heavy atom. The molecule has 0 amide bonds. The van der Waals surface area contributed by atoms with Crippen LogP contribution in [0.5, 0.6) is 0 Å². The Bertz CT molecular complexity index is 385. The maximum absolute atomic E-state index is 11.0. The number of ketones is 1. The maximum atomic E-state index is 11.0. The monoisotopic (exact) mass is 290 g/mol. The molecule has 1 heteroatoms. The molecule has 0 unspecified atom stereocenters. The Kier molecular flexibility index (Phi) is 15.7. The largest absolute Gasteiger partial charge is 0.295 e. The molecule has 0 bridgehead atoms.